The van der Waals surface area contributed by atoms with Crippen LogP contribution in [0.3, 0.4) is 0 Å². The van der Waals surface area contributed by atoms with E-state index in [-0.39, 0.29) is 6.04 Å². The van der Waals surface area contributed by atoms with Gasteiger partial charge in [0.1, 0.15) is 6.04 Å². The number of nitrogens with one attached hydrogen (secondary N) is 1. The lowest BCUT2D eigenvalue weighted by Crippen LogP contribution is -2.40. The van der Waals surface area contributed by atoms with Crippen LogP contribution in [0.15, 0.2) is 12.7 Å². The molecule has 16 heavy (non-hydrogen) atoms. The Hall–Kier alpha value is -0.830. The fourth-order valence-corrected chi connectivity index (χ4v) is 1.06. The molecule has 3 heteroatoms. The van der Waals surface area contributed by atoms with E-state index < -0.39 is 5.97 Å². The molecule has 0 bridgehead atoms. The maximum absolute atomic E-state index is 10.3. The predicted octanol–water partition coefficient (Wildman–Crippen LogP) is 3.21. The molecule has 3 nitrogen and oxygen atoms in total. The van der Waals surface area contributed by atoms with Gasteiger partial charge in [-0.05, 0) is 26.3 Å². The van der Waals surface area contributed by atoms with Crippen molar-refractivity contribution in [2.45, 2.75) is 58.9 Å². The first-order valence-electron chi connectivity index (χ1n) is 6.17. The van der Waals surface area contributed by atoms with Crippen LogP contribution in [0.4, 0.5) is 0 Å². The van der Waals surface area contributed by atoms with Gasteiger partial charge >= 0.3 is 5.97 Å². The standard InChI is InChI=1S/C6H11NO2.C4H10.C3H6/c8-6(9)5-3-1-2-4-7-5;1-3-4-2;1-3-2/h5,7H,1-4H2,(H,8,9);3-4H2,1-2H3;3H,1H2,2H3/t5-;;/m0../s1. The zero-order valence-electron chi connectivity index (χ0n) is 11.0. The van der Waals surface area contributed by atoms with E-state index in [9.17, 15) is 4.79 Å². The van der Waals surface area contributed by atoms with Crippen molar-refractivity contribution in [3.63, 3.8) is 0 Å². The lowest BCUT2D eigenvalue weighted by atomic mass is 10.1. The lowest BCUT2D eigenvalue weighted by Gasteiger charge is -2.18. The van der Waals surface area contributed by atoms with E-state index in [1.165, 1.54) is 12.8 Å². The van der Waals surface area contributed by atoms with Gasteiger partial charge in [0.15, 0.2) is 0 Å². The number of hydrogen-bond acceptors (Lipinski definition) is 2. The van der Waals surface area contributed by atoms with Crippen LogP contribution in [0.25, 0.3) is 0 Å². The molecule has 0 amide bonds. The number of rotatable bonds is 2. The molecule has 2 N–H and O–H groups in total. The number of piperidine rings is 1. The summed E-state index contributed by atoms with van der Waals surface area (Å²) in [5.41, 5.74) is 0. The first kappa shape index (κ1) is 17.6. The molecule has 0 aromatic heterocycles. The number of allylic oxidation sites excluding steroid dienone is 1. The van der Waals surface area contributed by atoms with Crippen LogP contribution in [0.1, 0.15) is 52.9 Å². The molecule has 0 aromatic carbocycles. The normalized spacial score (nSPS) is 18.3. The minimum Gasteiger partial charge on any atom is -0.480 e. The molecule has 1 aliphatic heterocycles. The molecule has 1 saturated heterocycles. The van der Waals surface area contributed by atoms with Crippen LogP contribution in [0, 0.1) is 0 Å². The second-order valence-corrected chi connectivity index (χ2v) is 3.75. The number of carboxylic acids is 1. The molecule has 0 spiro atoms. The molecular weight excluding hydrogens is 202 g/mol. The van der Waals surface area contributed by atoms with E-state index in [1.54, 1.807) is 6.08 Å². The highest BCUT2D eigenvalue weighted by molar-refractivity contribution is 5.73. The van der Waals surface area contributed by atoms with Crippen LogP contribution in [0.2, 0.25) is 0 Å². The monoisotopic (exact) mass is 229 g/mol. The molecule has 1 aliphatic rings. The number of aliphatic carboxylic acids is 1. The highest BCUT2D eigenvalue weighted by atomic mass is 16.4. The number of carbonyl (C=O) groups is 1. The third kappa shape index (κ3) is 13.2. The van der Waals surface area contributed by atoms with Gasteiger partial charge in [-0.15, -0.1) is 6.58 Å². The summed E-state index contributed by atoms with van der Waals surface area (Å²) in [5.74, 6) is -0.713. The number of hydrogen-bond donors (Lipinski definition) is 2. The Balaban J connectivity index is 0. The van der Waals surface area contributed by atoms with Crippen molar-refractivity contribution in [1.82, 2.24) is 5.32 Å². The van der Waals surface area contributed by atoms with Crippen LogP contribution in [-0.2, 0) is 4.79 Å². The van der Waals surface area contributed by atoms with E-state index in [2.05, 4.69) is 25.7 Å². The summed E-state index contributed by atoms with van der Waals surface area (Å²) in [6, 6.07) is -0.279. The molecular formula is C13H27NO2. The summed E-state index contributed by atoms with van der Waals surface area (Å²) in [5, 5.41) is 11.4. The van der Waals surface area contributed by atoms with Crippen molar-refractivity contribution in [2.75, 3.05) is 6.54 Å². The summed E-state index contributed by atoms with van der Waals surface area (Å²) in [7, 11) is 0. The van der Waals surface area contributed by atoms with E-state index in [0.717, 1.165) is 25.8 Å². The third-order valence-corrected chi connectivity index (χ3v) is 2.11. The quantitative estimate of drug-likeness (QED) is 0.715. The molecule has 96 valence electrons. The summed E-state index contributed by atoms with van der Waals surface area (Å²) in [6.07, 6.45) is 7.34. The molecule has 0 aliphatic carbocycles. The average Bonchev–Trinajstić information content (AvgIpc) is 2.31. The Bertz CT molecular complexity index is 161. The van der Waals surface area contributed by atoms with Gasteiger partial charge in [-0.2, -0.15) is 0 Å². The minimum absolute atomic E-state index is 0.279. The van der Waals surface area contributed by atoms with E-state index >= 15 is 0 Å². The van der Waals surface area contributed by atoms with Crippen LogP contribution >= 0.6 is 0 Å². The number of carboxylic acid groups (broad SMARTS) is 1. The molecule has 0 unspecified atom stereocenters. The highest BCUT2D eigenvalue weighted by Gasteiger charge is 2.18. The van der Waals surface area contributed by atoms with Crippen molar-refractivity contribution in [1.29, 1.82) is 0 Å². The van der Waals surface area contributed by atoms with Crippen LogP contribution < -0.4 is 5.32 Å². The Kier molecular flexibility index (Phi) is 15.6. The van der Waals surface area contributed by atoms with Crippen molar-refractivity contribution >= 4 is 5.97 Å². The van der Waals surface area contributed by atoms with Gasteiger partial charge in [-0.1, -0.05) is 39.2 Å². The second-order valence-electron chi connectivity index (χ2n) is 3.75. The third-order valence-electron chi connectivity index (χ3n) is 2.11. The minimum atomic E-state index is -0.713. The average molecular weight is 229 g/mol. The zero-order chi connectivity index (χ0) is 12.8. The summed E-state index contributed by atoms with van der Waals surface area (Å²) in [6.45, 7) is 10.5. The molecule has 1 atom stereocenters. The van der Waals surface area contributed by atoms with Crippen molar-refractivity contribution in [3.8, 4) is 0 Å². The lowest BCUT2D eigenvalue weighted by molar-refractivity contribution is -0.140. The van der Waals surface area contributed by atoms with Crippen molar-refractivity contribution in [2.24, 2.45) is 0 Å². The topological polar surface area (TPSA) is 49.3 Å². The SMILES string of the molecule is C=CC.CCCC.O=C(O)[C@@H]1CCCCN1. The Morgan fingerprint density at radius 1 is 1.44 bits per heavy atom. The molecule has 0 radical (unpaired) electrons. The maximum Gasteiger partial charge on any atom is 0.320 e. The van der Waals surface area contributed by atoms with E-state index in [0.29, 0.717) is 0 Å². The fourth-order valence-electron chi connectivity index (χ4n) is 1.06. The smallest absolute Gasteiger partial charge is 0.320 e. The number of unbranched alkanes of at least 4 members (excludes halogenated alkanes) is 1. The van der Waals surface area contributed by atoms with Crippen LogP contribution in [-0.4, -0.2) is 23.7 Å². The van der Waals surface area contributed by atoms with Gasteiger partial charge < -0.3 is 10.4 Å². The maximum atomic E-state index is 10.3. The van der Waals surface area contributed by atoms with E-state index in [4.69, 9.17) is 5.11 Å². The molecule has 1 rings (SSSR count). The Morgan fingerprint density at radius 2 is 1.94 bits per heavy atom. The summed E-state index contributed by atoms with van der Waals surface area (Å²) < 4.78 is 0. The second kappa shape index (κ2) is 14.2. The largest absolute Gasteiger partial charge is 0.480 e. The molecule has 1 heterocycles. The van der Waals surface area contributed by atoms with Gasteiger partial charge in [-0.25, -0.2) is 0 Å². The Labute approximate surface area is 99.9 Å². The fraction of sp³-hybridized carbons (Fsp3) is 0.769. The first-order valence-corrected chi connectivity index (χ1v) is 6.17. The summed E-state index contributed by atoms with van der Waals surface area (Å²) >= 11 is 0. The van der Waals surface area contributed by atoms with Gasteiger partial charge in [-0.3, -0.25) is 4.79 Å². The zero-order valence-corrected chi connectivity index (χ0v) is 11.0. The Morgan fingerprint density at radius 3 is 2.12 bits per heavy atom. The van der Waals surface area contributed by atoms with Gasteiger partial charge in [0.05, 0.1) is 0 Å². The van der Waals surface area contributed by atoms with Gasteiger partial charge in [0.2, 0.25) is 0 Å². The predicted molar refractivity (Wildman–Crippen MR) is 69.7 cm³/mol. The molecule has 1 fully saturated rings. The van der Waals surface area contributed by atoms with Crippen molar-refractivity contribution < 1.29 is 9.90 Å². The van der Waals surface area contributed by atoms with Crippen molar-refractivity contribution in [3.05, 3.63) is 12.7 Å². The van der Waals surface area contributed by atoms with Gasteiger partial charge in [0, 0.05) is 0 Å². The highest BCUT2D eigenvalue weighted by Crippen LogP contribution is 2.05. The first-order chi connectivity index (χ1) is 7.63. The van der Waals surface area contributed by atoms with Crippen LogP contribution in [0.5, 0.6) is 0 Å². The summed E-state index contributed by atoms with van der Waals surface area (Å²) in [4.78, 5) is 10.3. The van der Waals surface area contributed by atoms with Gasteiger partial charge in [0.25, 0.3) is 0 Å². The van der Waals surface area contributed by atoms with E-state index in [1.807, 2.05) is 6.92 Å². The molecule has 0 saturated carbocycles. The molecule has 0 aromatic rings.